The van der Waals surface area contributed by atoms with Crippen molar-refractivity contribution in [2.24, 2.45) is 0 Å². The molecule has 1 heterocycles. The molecule has 0 atom stereocenters. The number of halogens is 3. The summed E-state index contributed by atoms with van der Waals surface area (Å²) in [6.07, 6.45) is -4.55. The number of thiazole rings is 1. The molecular weight excluding hydrogens is 515 g/mol. The van der Waals surface area contributed by atoms with Gasteiger partial charge >= 0.3 is 6.18 Å². The van der Waals surface area contributed by atoms with Gasteiger partial charge in [-0.25, -0.2) is 4.98 Å². The molecule has 3 aromatic carbocycles. The zero-order valence-corrected chi connectivity index (χ0v) is 21.8. The van der Waals surface area contributed by atoms with Crippen LogP contribution in [0, 0.1) is 6.92 Å². The number of aromatic nitrogens is 1. The number of nitrogens with zero attached hydrogens (tertiary/aromatic N) is 2. The molecule has 0 saturated carbocycles. The van der Waals surface area contributed by atoms with E-state index in [0.29, 0.717) is 16.9 Å². The lowest BCUT2D eigenvalue weighted by Gasteiger charge is -2.13. The van der Waals surface area contributed by atoms with Crippen LogP contribution >= 0.6 is 11.3 Å². The molecule has 0 radical (unpaired) electrons. The van der Waals surface area contributed by atoms with Gasteiger partial charge in [-0.3, -0.25) is 9.59 Å². The number of anilines is 3. The van der Waals surface area contributed by atoms with Gasteiger partial charge in [0.2, 0.25) is 0 Å². The van der Waals surface area contributed by atoms with Crippen LogP contribution in [-0.2, 0) is 6.18 Å². The first-order chi connectivity index (χ1) is 18.0. The van der Waals surface area contributed by atoms with E-state index in [-0.39, 0.29) is 11.5 Å². The highest BCUT2D eigenvalue weighted by Crippen LogP contribution is 2.30. The van der Waals surface area contributed by atoms with Crippen molar-refractivity contribution in [3.8, 4) is 0 Å². The first kappa shape index (κ1) is 27.1. The molecule has 0 aliphatic rings. The number of aryl methyl sites for hydroxylation is 1. The quantitative estimate of drug-likeness (QED) is 0.251. The van der Waals surface area contributed by atoms with Crippen LogP contribution < -0.4 is 16.0 Å². The van der Waals surface area contributed by atoms with Gasteiger partial charge in [-0.1, -0.05) is 23.5 Å². The summed E-state index contributed by atoms with van der Waals surface area (Å²) in [5, 5.41) is 9.50. The number of carbonyl (C=O) groups is 2. The van der Waals surface area contributed by atoms with Crippen LogP contribution in [0.4, 0.5) is 29.7 Å². The molecule has 2 amide bonds. The van der Waals surface area contributed by atoms with Gasteiger partial charge in [0.15, 0.2) is 5.13 Å². The molecule has 0 fully saturated rings. The fourth-order valence-electron chi connectivity index (χ4n) is 3.60. The molecule has 0 bridgehead atoms. The lowest BCUT2D eigenvalue weighted by molar-refractivity contribution is -0.137. The first-order valence-corrected chi connectivity index (χ1v) is 12.5. The largest absolute Gasteiger partial charge is 0.416 e. The molecule has 0 unspecified atom stereocenters. The van der Waals surface area contributed by atoms with Gasteiger partial charge in [0.1, 0.15) is 0 Å². The molecule has 3 N–H and O–H groups in total. The first-order valence-electron chi connectivity index (χ1n) is 11.7. The summed E-state index contributed by atoms with van der Waals surface area (Å²) >= 11 is 1.46. The van der Waals surface area contributed by atoms with Crippen molar-refractivity contribution in [1.82, 2.24) is 9.88 Å². The Labute approximate surface area is 221 Å². The number of benzene rings is 3. The zero-order chi connectivity index (χ0) is 27.4. The Balaban J connectivity index is 1.46. The number of carbonyl (C=O) groups excluding carboxylic acids is 2. The molecule has 7 nitrogen and oxygen atoms in total. The molecule has 4 aromatic rings. The topological polar surface area (TPSA) is 86.4 Å². The smallest absolute Gasteiger partial charge is 0.360 e. The fraction of sp³-hybridized carbons (Fsp3) is 0.222. The highest BCUT2D eigenvalue weighted by molar-refractivity contribution is 7.22. The van der Waals surface area contributed by atoms with Crippen LogP contribution in [0.25, 0.3) is 10.2 Å². The number of rotatable bonds is 8. The van der Waals surface area contributed by atoms with E-state index in [1.54, 1.807) is 43.3 Å². The Bertz CT molecular complexity index is 1480. The average Bonchev–Trinajstić information content (AvgIpc) is 3.27. The van der Waals surface area contributed by atoms with E-state index in [4.69, 9.17) is 0 Å². The van der Waals surface area contributed by atoms with Crippen molar-refractivity contribution in [2.75, 3.05) is 43.1 Å². The van der Waals surface area contributed by atoms with Gasteiger partial charge < -0.3 is 20.9 Å². The normalized spacial score (nSPS) is 11.6. The van der Waals surface area contributed by atoms with Crippen molar-refractivity contribution in [2.45, 2.75) is 13.1 Å². The van der Waals surface area contributed by atoms with E-state index in [0.717, 1.165) is 46.1 Å². The second-order valence-corrected chi connectivity index (χ2v) is 9.98. The minimum atomic E-state index is -4.55. The van der Waals surface area contributed by atoms with Gasteiger partial charge in [0, 0.05) is 35.6 Å². The van der Waals surface area contributed by atoms with Crippen molar-refractivity contribution < 1.29 is 22.8 Å². The van der Waals surface area contributed by atoms with Crippen LogP contribution in [0.15, 0.2) is 60.7 Å². The number of amides is 2. The number of alkyl halides is 3. The highest BCUT2D eigenvalue weighted by Gasteiger charge is 2.30. The summed E-state index contributed by atoms with van der Waals surface area (Å²) in [5.41, 5.74) is 1.75. The molecule has 1 aromatic heterocycles. The van der Waals surface area contributed by atoms with E-state index in [1.165, 1.54) is 23.5 Å². The van der Waals surface area contributed by atoms with Crippen molar-refractivity contribution in [3.63, 3.8) is 0 Å². The van der Waals surface area contributed by atoms with E-state index in [1.807, 2.05) is 14.1 Å². The summed E-state index contributed by atoms with van der Waals surface area (Å²) in [7, 11) is 3.99. The van der Waals surface area contributed by atoms with E-state index < -0.39 is 17.6 Å². The Morgan fingerprint density at radius 1 is 0.947 bits per heavy atom. The predicted molar refractivity (Wildman–Crippen MR) is 145 cm³/mol. The van der Waals surface area contributed by atoms with Crippen LogP contribution in [0.1, 0.15) is 31.8 Å². The highest BCUT2D eigenvalue weighted by atomic mass is 32.1. The Hall–Kier alpha value is -3.96. The van der Waals surface area contributed by atoms with Crippen LogP contribution in [0.3, 0.4) is 0 Å². The molecule has 198 valence electrons. The van der Waals surface area contributed by atoms with Crippen LogP contribution in [-0.4, -0.2) is 48.9 Å². The Morgan fingerprint density at radius 3 is 2.42 bits per heavy atom. The predicted octanol–water partition coefficient (Wildman–Crippen LogP) is 6.10. The molecular formula is C27H26F3N5O2S. The summed E-state index contributed by atoms with van der Waals surface area (Å²) < 4.78 is 39.9. The summed E-state index contributed by atoms with van der Waals surface area (Å²) in [4.78, 5) is 32.2. The van der Waals surface area contributed by atoms with Crippen molar-refractivity contribution in [3.05, 3.63) is 82.9 Å². The van der Waals surface area contributed by atoms with Gasteiger partial charge in [0.25, 0.3) is 11.8 Å². The second-order valence-electron chi connectivity index (χ2n) is 8.95. The number of hydrogen-bond acceptors (Lipinski definition) is 6. The van der Waals surface area contributed by atoms with E-state index in [2.05, 4.69) is 25.8 Å². The number of likely N-dealkylation sites (N-methyl/N-ethyl adjacent to an activating group) is 1. The lowest BCUT2D eigenvalue weighted by atomic mass is 10.1. The van der Waals surface area contributed by atoms with Gasteiger partial charge in [-0.2, -0.15) is 13.2 Å². The Morgan fingerprint density at radius 2 is 1.68 bits per heavy atom. The van der Waals surface area contributed by atoms with Crippen molar-refractivity contribution in [1.29, 1.82) is 0 Å². The van der Waals surface area contributed by atoms with Crippen LogP contribution in [0.5, 0.6) is 0 Å². The second kappa shape index (κ2) is 11.2. The molecule has 11 heteroatoms. The summed E-state index contributed by atoms with van der Waals surface area (Å²) in [5.74, 6) is -1.03. The average molecular weight is 542 g/mol. The molecule has 0 aliphatic heterocycles. The molecule has 0 spiro atoms. The summed E-state index contributed by atoms with van der Waals surface area (Å²) in [6, 6.07) is 14.3. The van der Waals surface area contributed by atoms with Gasteiger partial charge in [-0.05, 0) is 75.1 Å². The van der Waals surface area contributed by atoms with Crippen LogP contribution in [0.2, 0.25) is 0 Å². The standard InChI is InChI=1S/C27H26F3N5O2S/c1-16-7-9-20(32-24(36)17-5-4-6-19(13-17)27(28,29)30)15-22(16)33-25(37)18-8-10-21-23(14-18)38-26(34-21)31-11-12-35(2)3/h4-10,13-15H,11-12H2,1-3H3,(H,31,34)(H,32,36)(H,33,37). The van der Waals surface area contributed by atoms with Crippen molar-refractivity contribution >= 4 is 49.9 Å². The fourth-order valence-corrected chi connectivity index (χ4v) is 4.53. The number of hydrogen-bond donors (Lipinski definition) is 3. The van der Waals surface area contributed by atoms with Gasteiger partial charge in [0.05, 0.1) is 15.8 Å². The van der Waals surface area contributed by atoms with E-state index >= 15 is 0 Å². The third-order valence-corrected chi connectivity index (χ3v) is 6.66. The molecule has 0 saturated heterocycles. The minimum absolute atomic E-state index is 0.126. The van der Waals surface area contributed by atoms with E-state index in [9.17, 15) is 22.8 Å². The monoisotopic (exact) mass is 541 g/mol. The lowest BCUT2D eigenvalue weighted by Crippen LogP contribution is -2.20. The maximum atomic E-state index is 13.0. The molecule has 0 aliphatic carbocycles. The SMILES string of the molecule is Cc1ccc(NC(=O)c2cccc(C(F)(F)F)c2)cc1NC(=O)c1ccc2nc(NCCN(C)C)sc2c1. The maximum absolute atomic E-state index is 13.0. The zero-order valence-electron chi connectivity index (χ0n) is 20.9. The maximum Gasteiger partial charge on any atom is 0.416 e. The number of fused-ring (bicyclic) bond motifs is 1. The molecule has 4 rings (SSSR count). The third kappa shape index (κ3) is 6.67. The Kier molecular flexibility index (Phi) is 7.98. The van der Waals surface area contributed by atoms with Gasteiger partial charge in [-0.15, -0.1) is 0 Å². The number of nitrogens with one attached hydrogen (secondary N) is 3. The molecule has 38 heavy (non-hydrogen) atoms. The third-order valence-electron chi connectivity index (χ3n) is 5.68. The summed E-state index contributed by atoms with van der Waals surface area (Å²) in [6.45, 7) is 3.41. The minimum Gasteiger partial charge on any atom is -0.360 e.